The van der Waals surface area contributed by atoms with E-state index in [9.17, 15) is 4.79 Å². The zero-order chi connectivity index (χ0) is 17.4. The first-order chi connectivity index (χ1) is 12.1. The number of fused-ring (bicyclic) bond motifs is 1. The molecule has 128 valence electrons. The van der Waals surface area contributed by atoms with Crippen LogP contribution in [0.2, 0.25) is 0 Å². The van der Waals surface area contributed by atoms with Crippen molar-refractivity contribution < 1.29 is 14.3 Å². The van der Waals surface area contributed by atoms with E-state index in [-0.39, 0.29) is 0 Å². The van der Waals surface area contributed by atoms with E-state index in [0.717, 1.165) is 22.0 Å². The zero-order valence-corrected chi connectivity index (χ0v) is 15.2. The van der Waals surface area contributed by atoms with Crippen molar-refractivity contribution in [1.82, 2.24) is 0 Å². The largest absolute Gasteiger partial charge is 0.497 e. The van der Waals surface area contributed by atoms with Gasteiger partial charge in [0.25, 0.3) is 0 Å². The van der Waals surface area contributed by atoms with Crippen LogP contribution >= 0.6 is 23.5 Å². The summed E-state index contributed by atoms with van der Waals surface area (Å²) in [4.78, 5) is 13.2. The number of esters is 1. The third kappa shape index (κ3) is 2.71. The number of nitrogens with one attached hydrogen (secondary N) is 1. The second-order valence-corrected chi connectivity index (χ2v) is 7.99. The van der Waals surface area contributed by atoms with Gasteiger partial charge in [0.05, 0.1) is 25.6 Å². The van der Waals surface area contributed by atoms with Crippen molar-refractivity contribution in [3.8, 4) is 5.75 Å². The fourth-order valence-corrected chi connectivity index (χ4v) is 5.30. The third-order valence-electron chi connectivity index (χ3n) is 3.81. The first kappa shape index (κ1) is 16.2. The normalized spacial score (nSPS) is 20.9. The summed E-state index contributed by atoms with van der Waals surface area (Å²) in [7, 11) is 2.98. The predicted octanol–water partition coefficient (Wildman–Crippen LogP) is 3.56. The molecular weight excluding hydrogens is 358 g/mol. The van der Waals surface area contributed by atoms with Crippen molar-refractivity contribution in [2.45, 2.75) is 9.22 Å². The Morgan fingerprint density at radius 3 is 2.56 bits per heavy atom. The van der Waals surface area contributed by atoms with Crippen molar-refractivity contribution in [1.29, 1.82) is 0 Å². The predicted molar refractivity (Wildman–Crippen MR) is 101 cm³/mol. The Hall–Kier alpha value is -2.32. The first-order valence-corrected chi connectivity index (χ1v) is 9.15. The molecule has 0 aliphatic carbocycles. The van der Waals surface area contributed by atoms with E-state index in [1.807, 2.05) is 53.5 Å². The van der Waals surface area contributed by atoms with Crippen LogP contribution in [-0.2, 0) is 9.53 Å². The molecule has 2 aromatic carbocycles. The molecule has 1 N–H and O–H groups in total. The molecule has 0 radical (unpaired) electrons. The molecule has 2 heterocycles. The molecular formula is C17H15N3O3S2. The molecule has 2 aliphatic rings. The van der Waals surface area contributed by atoms with Crippen LogP contribution in [-0.4, -0.2) is 29.6 Å². The molecule has 0 amide bonds. The van der Waals surface area contributed by atoms with Crippen LogP contribution < -0.4 is 15.1 Å². The molecule has 25 heavy (non-hydrogen) atoms. The number of nitrogens with zero attached hydrogens (tertiary/aromatic N) is 2. The summed E-state index contributed by atoms with van der Waals surface area (Å²) in [5.74, 6) is 0.316. The lowest BCUT2D eigenvalue weighted by Crippen LogP contribution is -2.41. The molecule has 0 saturated carbocycles. The monoisotopic (exact) mass is 373 g/mol. The van der Waals surface area contributed by atoms with Gasteiger partial charge < -0.3 is 14.8 Å². The minimum atomic E-state index is -0.665. The minimum absolute atomic E-state index is 0.311. The van der Waals surface area contributed by atoms with Gasteiger partial charge in [-0.25, -0.2) is 9.80 Å². The van der Waals surface area contributed by atoms with Gasteiger partial charge in [-0.2, -0.15) is 5.10 Å². The molecule has 2 aliphatic heterocycles. The van der Waals surface area contributed by atoms with Gasteiger partial charge in [0, 0.05) is 4.90 Å². The van der Waals surface area contributed by atoms with E-state index >= 15 is 0 Å². The number of hydrogen-bond donors (Lipinski definition) is 1. The molecule has 0 aromatic heterocycles. The summed E-state index contributed by atoms with van der Waals surface area (Å²) < 4.78 is 9.42. The summed E-state index contributed by atoms with van der Waals surface area (Å²) >= 11 is 2.96. The fraction of sp³-hybridized carbons (Fsp3) is 0.176. The van der Waals surface area contributed by atoms with Crippen LogP contribution in [0, 0.1) is 0 Å². The van der Waals surface area contributed by atoms with Crippen LogP contribution in [0.4, 0.5) is 11.4 Å². The van der Waals surface area contributed by atoms with Gasteiger partial charge in [-0.05, 0) is 48.2 Å². The highest BCUT2D eigenvalue weighted by atomic mass is 32.2. The topological polar surface area (TPSA) is 63.2 Å². The number of para-hydroxylation sites is 1. The second kappa shape index (κ2) is 6.20. The Labute approximate surface area is 153 Å². The highest BCUT2D eigenvalue weighted by Crippen LogP contribution is 2.57. The van der Waals surface area contributed by atoms with Crippen LogP contribution in [0.15, 0.2) is 58.5 Å². The van der Waals surface area contributed by atoms with Crippen LogP contribution in [0.1, 0.15) is 0 Å². The average Bonchev–Trinajstić information content (AvgIpc) is 3.21. The summed E-state index contributed by atoms with van der Waals surface area (Å²) in [6.07, 6.45) is 0. The smallest absolute Gasteiger partial charge is 0.365 e. The van der Waals surface area contributed by atoms with Gasteiger partial charge in [0.2, 0.25) is 9.37 Å². The maximum atomic E-state index is 12.0. The molecule has 4 rings (SSSR count). The Morgan fingerprint density at radius 1 is 1.12 bits per heavy atom. The zero-order valence-electron chi connectivity index (χ0n) is 13.6. The second-order valence-electron chi connectivity index (χ2n) is 5.31. The van der Waals surface area contributed by atoms with E-state index in [4.69, 9.17) is 9.47 Å². The van der Waals surface area contributed by atoms with Crippen molar-refractivity contribution in [3.05, 3.63) is 48.5 Å². The molecule has 6 nitrogen and oxygen atoms in total. The molecule has 0 saturated heterocycles. The number of anilines is 2. The number of rotatable bonds is 3. The Morgan fingerprint density at radius 2 is 1.88 bits per heavy atom. The maximum absolute atomic E-state index is 12.0. The highest BCUT2D eigenvalue weighted by Gasteiger charge is 2.51. The lowest BCUT2D eigenvalue weighted by molar-refractivity contribution is -0.132. The number of hydrazone groups is 1. The van der Waals surface area contributed by atoms with Crippen molar-refractivity contribution in [3.63, 3.8) is 0 Å². The SMILES string of the molecule is COC(=O)C1=NN(c2ccc(OC)cc2)[C@]2(Nc3ccccc3S2)S1. The van der Waals surface area contributed by atoms with Crippen molar-refractivity contribution in [2.24, 2.45) is 5.10 Å². The summed E-state index contributed by atoms with van der Waals surface area (Å²) in [5.41, 5.74) is 1.86. The average molecular weight is 373 g/mol. The van der Waals surface area contributed by atoms with Gasteiger partial charge >= 0.3 is 5.97 Å². The van der Waals surface area contributed by atoms with Crippen LogP contribution in [0.5, 0.6) is 5.75 Å². The van der Waals surface area contributed by atoms with Crippen molar-refractivity contribution >= 4 is 45.9 Å². The van der Waals surface area contributed by atoms with E-state index < -0.39 is 10.3 Å². The quantitative estimate of drug-likeness (QED) is 0.825. The van der Waals surface area contributed by atoms with Gasteiger partial charge in [-0.15, -0.1) is 0 Å². The third-order valence-corrected chi connectivity index (χ3v) is 6.43. The lowest BCUT2D eigenvalue weighted by Gasteiger charge is -2.32. The van der Waals surface area contributed by atoms with E-state index in [1.165, 1.54) is 18.9 Å². The number of thioether (sulfide) groups is 2. The molecule has 8 heteroatoms. The van der Waals surface area contributed by atoms with Crippen molar-refractivity contribution in [2.75, 3.05) is 24.5 Å². The number of hydrogen-bond acceptors (Lipinski definition) is 8. The summed E-state index contributed by atoms with van der Waals surface area (Å²) in [6.45, 7) is 0. The number of benzene rings is 2. The van der Waals surface area contributed by atoms with E-state index in [2.05, 4.69) is 10.4 Å². The molecule has 1 atom stereocenters. The Kier molecular flexibility index (Phi) is 4.01. The summed E-state index contributed by atoms with van der Waals surface area (Å²) in [6, 6.07) is 15.6. The Bertz CT molecular complexity index is 829. The van der Waals surface area contributed by atoms with Gasteiger partial charge in [-0.1, -0.05) is 23.9 Å². The fourth-order valence-electron chi connectivity index (χ4n) is 2.62. The number of methoxy groups -OCH3 is 2. The van der Waals surface area contributed by atoms with Crippen LogP contribution in [0.3, 0.4) is 0 Å². The molecule has 2 aromatic rings. The highest BCUT2D eigenvalue weighted by molar-refractivity contribution is 8.27. The summed E-state index contributed by atoms with van der Waals surface area (Å²) in [5, 5.41) is 10.1. The van der Waals surface area contributed by atoms with E-state index in [0.29, 0.717) is 5.04 Å². The first-order valence-electron chi connectivity index (χ1n) is 7.51. The maximum Gasteiger partial charge on any atom is 0.365 e. The van der Waals surface area contributed by atoms with Gasteiger partial charge in [-0.3, -0.25) is 0 Å². The minimum Gasteiger partial charge on any atom is -0.497 e. The Balaban J connectivity index is 1.74. The molecule has 0 fully saturated rings. The van der Waals surface area contributed by atoms with Gasteiger partial charge in [0.15, 0.2) is 0 Å². The molecule has 0 unspecified atom stereocenters. The standard InChI is InChI=1S/C17H15N3O3S2/c1-22-12-9-7-11(8-10-12)20-17(25-15(19-20)16(21)23-2)18-13-5-3-4-6-14(13)24-17/h3-10,18H,1-2H3/t17-/m0/s1. The number of ether oxygens (including phenoxy) is 2. The molecule has 0 bridgehead atoms. The number of carbonyl (C=O) groups is 1. The lowest BCUT2D eigenvalue weighted by atomic mass is 10.3. The molecule has 1 spiro atoms. The number of carbonyl (C=O) groups excluding carboxylic acids is 1. The van der Waals surface area contributed by atoms with Gasteiger partial charge in [0.1, 0.15) is 5.75 Å². The van der Waals surface area contributed by atoms with Crippen LogP contribution in [0.25, 0.3) is 0 Å². The van der Waals surface area contributed by atoms with E-state index in [1.54, 1.807) is 18.9 Å².